The summed E-state index contributed by atoms with van der Waals surface area (Å²) in [6.45, 7) is 6.63. The minimum absolute atomic E-state index is 0.0530. The van der Waals surface area contributed by atoms with Crippen LogP contribution in [0.4, 0.5) is 0 Å². The smallest absolute Gasteiger partial charge is 0.116 e. The summed E-state index contributed by atoms with van der Waals surface area (Å²) in [7, 11) is 0. The molecule has 2 bridgehead atoms. The van der Waals surface area contributed by atoms with Crippen LogP contribution < -0.4 is 0 Å². The van der Waals surface area contributed by atoms with Gasteiger partial charge in [0.15, 0.2) is 0 Å². The lowest BCUT2D eigenvalue weighted by Gasteiger charge is -2.32. The molecule has 2 nitrogen and oxygen atoms in total. The second-order valence-electron chi connectivity index (χ2n) is 9.92. The van der Waals surface area contributed by atoms with Gasteiger partial charge in [0.05, 0.1) is 5.69 Å². The molecule has 5 rings (SSSR count). The number of benzene rings is 1. The van der Waals surface area contributed by atoms with Gasteiger partial charge in [0, 0.05) is 16.7 Å². The molecule has 136 valence electrons. The second kappa shape index (κ2) is 5.90. The zero-order chi connectivity index (χ0) is 17.9. The number of hydrogen-bond donors (Lipinski definition) is 0. The maximum Gasteiger partial charge on any atom is 0.116 e. The normalized spacial score (nSPS) is 32.8. The van der Waals surface area contributed by atoms with Gasteiger partial charge in [-0.25, -0.2) is 9.97 Å². The third-order valence-corrected chi connectivity index (χ3v) is 7.47. The average molecular weight is 347 g/mol. The Morgan fingerprint density at radius 1 is 0.923 bits per heavy atom. The van der Waals surface area contributed by atoms with E-state index in [1.807, 2.05) is 0 Å². The molecule has 3 saturated carbocycles. The maximum atomic E-state index is 4.58. The van der Waals surface area contributed by atoms with Crippen LogP contribution in [0.25, 0.3) is 11.3 Å². The summed E-state index contributed by atoms with van der Waals surface area (Å²) < 4.78 is 0. The summed E-state index contributed by atoms with van der Waals surface area (Å²) in [5.41, 5.74) is 5.03. The summed E-state index contributed by atoms with van der Waals surface area (Å²) >= 11 is 0. The monoisotopic (exact) mass is 346 g/mol. The Morgan fingerprint density at radius 2 is 1.77 bits per heavy atom. The number of hydrogen-bond acceptors (Lipinski definition) is 2. The van der Waals surface area contributed by atoms with Gasteiger partial charge in [-0.1, -0.05) is 45.4 Å². The zero-order valence-electron chi connectivity index (χ0n) is 16.3. The third kappa shape index (κ3) is 2.61. The molecule has 2 heteroatoms. The van der Waals surface area contributed by atoms with E-state index >= 15 is 0 Å². The van der Waals surface area contributed by atoms with Crippen molar-refractivity contribution in [3.8, 4) is 11.3 Å². The van der Waals surface area contributed by atoms with Gasteiger partial charge >= 0.3 is 0 Å². The van der Waals surface area contributed by atoms with E-state index in [1.165, 1.54) is 37.7 Å². The van der Waals surface area contributed by atoms with Gasteiger partial charge in [-0.15, -0.1) is 0 Å². The molecule has 0 spiro atoms. The van der Waals surface area contributed by atoms with Crippen LogP contribution in [0.2, 0.25) is 0 Å². The highest BCUT2D eigenvalue weighted by atomic mass is 14.8. The Morgan fingerprint density at radius 3 is 2.62 bits per heavy atom. The molecule has 0 aliphatic heterocycles. The molecule has 0 radical (unpaired) electrons. The van der Waals surface area contributed by atoms with Crippen molar-refractivity contribution in [3.63, 3.8) is 0 Å². The first-order chi connectivity index (χ1) is 12.5. The molecule has 26 heavy (non-hydrogen) atoms. The molecule has 0 saturated heterocycles. The van der Waals surface area contributed by atoms with Crippen molar-refractivity contribution < 1.29 is 0 Å². The summed E-state index contributed by atoms with van der Waals surface area (Å²) in [4.78, 5) is 9.07. The standard InChI is InChI=1S/C24H30N2/c1-24(2,3)23-13-22(25-14-26-23)16-7-4-6-15(10-16)20-11-17-12-21(20)19-9-5-8-18(17)19/h4,6-7,10,13-14,17-21H,5,8-9,11-12H2,1-3H3. The van der Waals surface area contributed by atoms with E-state index in [2.05, 4.69) is 61.1 Å². The van der Waals surface area contributed by atoms with Crippen LogP contribution in [0.1, 0.15) is 70.1 Å². The quantitative estimate of drug-likeness (QED) is 0.668. The van der Waals surface area contributed by atoms with Crippen LogP contribution in [0.3, 0.4) is 0 Å². The Bertz CT molecular complexity index is 819. The molecule has 0 amide bonds. The topological polar surface area (TPSA) is 25.8 Å². The molecule has 5 atom stereocenters. The molecule has 1 aromatic heterocycles. The second-order valence-corrected chi connectivity index (χ2v) is 9.92. The van der Waals surface area contributed by atoms with Crippen molar-refractivity contribution >= 4 is 0 Å². The van der Waals surface area contributed by atoms with E-state index in [-0.39, 0.29) is 5.41 Å². The molecule has 1 heterocycles. The molecular weight excluding hydrogens is 316 g/mol. The molecular formula is C24H30N2. The zero-order valence-corrected chi connectivity index (χ0v) is 16.3. The van der Waals surface area contributed by atoms with Gasteiger partial charge in [0.2, 0.25) is 0 Å². The van der Waals surface area contributed by atoms with Crippen LogP contribution in [-0.2, 0) is 5.41 Å². The van der Waals surface area contributed by atoms with Gasteiger partial charge < -0.3 is 0 Å². The van der Waals surface area contributed by atoms with Gasteiger partial charge in [-0.3, -0.25) is 0 Å². The first-order valence-electron chi connectivity index (χ1n) is 10.4. The van der Waals surface area contributed by atoms with Gasteiger partial charge in [0.25, 0.3) is 0 Å². The fraction of sp³-hybridized carbons (Fsp3) is 0.583. The van der Waals surface area contributed by atoms with Crippen molar-refractivity contribution in [1.82, 2.24) is 9.97 Å². The van der Waals surface area contributed by atoms with Crippen LogP contribution in [0.15, 0.2) is 36.7 Å². The van der Waals surface area contributed by atoms with Crippen molar-refractivity contribution in [3.05, 3.63) is 47.9 Å². The average Bonchev–Trinajstić information content (AvgIpc) is 3.34. The highest BCUT2D eigenvalue weighted by molar-refractivity contribution is 5.60. The molecule has 3 aliphatic carbocycles. The molecule has 3 fully saturated rings. The minimum Gasteiger partial charge on any atom is -0.241 e. The van der Waals surface area contributed by atoms with E-state index in [1.54, 1.807) is 11.9 Å². The summed E-state index contributed by atoms with van der Waals surface area (Å²) in [5.74, 6) is 4.82. The van der Waals surface area contributed by atoms with E-state index in [9.17, 15) is 0 Å². The van der Waals surface area contributed by atoms with Crippen molar-refractivity contribution in [2.45, 2.75) is 64.2 Å². The lowest BCUT2D eigenvalue weighted by molar-refractivity contribution is 0.232. The number of aromatic nitrogens is 2. The highest BCUT2D eigenvalue weighted by Gasteiger charge is 2.53. The maximum absolute atomic E-state index is 4.58. The van der Waals surface area contributed by atoms with Crippen molar-refractivity contribution in [2.24, 2.45) is 23.7 Å². The fourth-order valence-electron chi connectivity index (χ4n) is 6.31. The van der Waals surface area contributed by atoms with Crippen molar-refractivity contribution in [2.75, 3.05) is 0 Å². The van der Waals surface area contributed by atoms with Gasteiger partial charge in [-0.05, 0) is 73.0 Å². The van der Waals surface area contributed by atoms with Crippen LogP contribution >= 0.6 is 0 Å². The summed E-state index contributed by atoms with van der Waals surface area (Å²) in [5, 5.41) is 0. The third-order valence-electron chi connectivity index (χ3n) is 7.47. The predicted molar refractivity (Wildman–Crippen MR) is 106 cm³/mol. The lowest BCUT2D eigenvalue weighted by Crippen LogP contribution is -2.23. The number of nitrogens with zero attached hydrogens (tertiary/aromatic N) is 2. The SMILES string of the molecule is CC(C)(C)c1cc(-c2cccc(C3CC4CC3C3CCCC43)c2)ncn1. The fourth-order valence-corrected chi connectivity index (χ4v) is 6.31. The van der Waals surface area contributed by atoms with Crippen LogP contribution in [-0.4, -0.2) is 9.97 Å². The predicted octanol–water partition coefficient (Wildman–Crippen LogP) is 5.98. The number of fused-ring (bicyclic) bond motifs is 5. The van der Waals surface area contributed by atoms with Gasteiger partial charge in [0.1, 0.15) is 6.33 Å². The minimum atomic E-state index is 0.0530. The Balaban J connectivity index is 1.46. The van der Waals surface area contributed by atoms with E-state index < -0.39 is 0 Å². The first kappa shape index (κ1) is 16.5. The summed E-state index contributed by atoms with van der Waals surface area (Å²) in [6, 6.07) is 11.4. The Kier molecular flexibility index (Phi) is 3.74. The molecule has 1 aromatic carbocycles. The van der Waals surface area contributed by atoms with Crippen LogP contribution in [0, 0.1) is 23.7 Å². The first-order valence-corrected chi connectivity index (χ1v) is 10.4. The Labute approximate surface area is 157 Å². The molecule has 3 aliphatic rings. The molecule has 0 N–H and O–H groups in total. The molecule has 5 unspecified atom stereocenters. The Hall–Kier alpha value is -1.70. The van der Waals surface area contributed by atoms with E-state index in [0.717, 1.165) is 41.0 Å². The van der Waals surface area contributed by atoms with E-state index in [0.29, 0.717) is 0 Å². The van der Waals surface area contributed by atoms with Crippen LogP contribution in [0.5, 0.6) is 0 Å². The van der Waals surface area contributed by atoms with E-state index in [4.69, 9.17) is 0 Å². The number of rotatable bonds is 2. The molecule has 2 aromatic rings. The largest absolute Gasteiger partial charge is 0.241 e. The lowest BCUT2D eigenvalue weighted by atomic mass is 9.73. The van der Waals surface area contributed by atoms with Crippen molar-refractivity contribution in [1.29, 1.82) is 0 Å². The van der Waals surface area contributed by atoms with Gasteiger partial charge in [-0.2, -0.15) is 0 Å². The highest BCUT2D eigenvalue weighted by Crippen LogP contribution is 2.63. The summed E-state index contributed by atoms with van der Waals surface area (Å²) in [6.07, 6.45) is 9.12.